The van der Waals surface area contributed by atoms with E-state index in [0.29, 0.717) is 18.0 Å². The number of likely N-dealkylation sites (N-methyl/N-ethyl adjacent to an activating group) is 1. The minimum atomic E-state index is -0.756. The van der Waals surface area contributed by atoms with E-state index < -0.39 is 5.60 Å². The van der Waals surface area contributed by atoms with Gasteiger partial charge in [-0.15, -0.1) is 11.3 Å². The quantitative estimate of drug-likeness (QED) is 0.943. The lowest BCUT2D eigenvalue weighted by molar-refractivity contribution is -0.135. The Morgan fingerprint density at radius 2 is 2.09 bits per heavy atom. The minimum Gasteiger partial charge on any atom is -0.475 e. The third-order valence-corrected chi connectivity index (χ3v) is 4.95. The fraction of sp³-hybridized carbons (Fsp3) is 0.375. The van der Waals surface area contributed by atoms with Crippen molar-refractivity contribution in [2.75, 3.05) is 17.7 Å². The first-order valence-electron chi connectivity index (χ1n) is 7.33. The summed E-state index contributed by atoms with van der Waals surface area (Å²) in [6.07, 6.45) is 1.30. The molecule has 0 saturated heterocycles. The second-order valence-electron chi connectivity index (χ2n) is 5.42. The molecule has 0 spiro atoms. The van der Waals surface area contributed by atoms with E-state index in [2.05, 4.69) is 4.98 Å². The van der Waals surface area contributed by atoms with Gasteiger partial charge in [-0.1, -0.05) is 13.8 Å². The van der Waals surface area contributed by atoms with Gasteiger partial charge in [-0.25, -0.2) is 4.98 Å². The summed E-state index contributed by atoms with van der Waals surface area (Å²) in [5.41, 5.74) is 7.45. The SMILES string of the molecule is CCC1(CC)Oc2ccc(-c3csc(N)n3)cc2N(C)C1=O. The summed E-state index contributed by atoms with van der Waals surface area (Å²) < 4.78 is 6.06. The summed E-state index contributed by atoms with van der Waals surface area (Å²) in [5, 5.41) is 2.44. The normalized spacial score (nSPS) is 16.3. The molecule has 1 aliphatic heterocycles. The van der Waals surface area contributed by atoms with Gasteiger partial charge in [0.25, 0.3) is 5.91 Å². The van der Waals surface area contributed by atoms with Crippen LogP contribution in [0.25, 0.3) is 11.3 Å². The number of carbonyl (C=O) groups excluding carboxylic acids is 1. The number of hydrogen-bond donors (Lipinski definition) is 1. The van der Waals surface area contributed by atoms with Crippen LogP contribution < -0.4 is 15.4 Å². The highest BCUT2D eigenvalue weighted by molar-refractivity contribution is 7.13. The van der Waals surface area contributed by atoms with E-state index in [1.807, 2.05) is 37.4 Å². The number of amides is 1. The third kappa shape index (κ3) is 2.14. The number of rotatable bonds is 3. The molecule has 0 radical (unpaired) electrons. The second kappa shape index (κ2) is 5.28. The maximum atomic E-state index is 12.7. The van der Waals surface area contributed by atoms with Crippen molar-refractivity contribution in [3.8, 4) is 17.0 Å². The molecule has 0 unspecified atom stereocenters. The van der Waals surface area contributed by atoms with Gasteiger partial charge in [0.1, 0.15) is 5.75 Å². The van der Waals surface area contributed by atoms with E-state index in [0.717, 1.165) is 22.7 Å². The summed E-state index contributed by atoms with van der Waals surface area (Å²) in [7, 11) is 1.79. The topological polar surface area (TPSA) is 68.5 Å². The first kappa shape index (κ1) is 14.8. The molecule has 2 aromatic rings. The van der Waals surface area contributed by atoms with Gasteiger partial charge in [-0.05, 0) is 31.0 Å². The maximum absolute atomic E-state index is 12.7. The lowest BCUT2D eigenvalue weighted by Crippen LogP contribution is -2.54. The average molecular weight is 317 g/mol. The van der Waals surface area contributed by atoms with Crippen LogP contribution >= 0.6 is 11.3 Å². The van der Waals surface area contributed by atoms with Gasteiger partial charge in [-0.2, -0.15) is 0 Å². The number of fused-ring (bicyclic) bond motifs is 1. The number of benzene rings is 1. The fourth-order valence-corrected chi connectivity index (χ4v) is 3.38. The van der Waals surface area contributed by atoms with Crippen molar-refractivity contribution in [3.63, 3.8) is 0 Å². The van der Waals surface area contributed by atoms with Crippen molar-refractivity contribution >= 4 is 28.1 Å². The molecular weight excluding hydrogens is 298 g/mol. The predicted octanol–water partition coefficient (Wildman–Crippen LogP) is 3.31. The number of nitrogens with zero attached hydrogens (tertiary/aromatic N) is 2. The third-order valence-electron chi connectivity index (χ3n) is 4.28. The molecule has 2 heterocycles. The molecule has 0 saturated carbocycles. The number of nitrogen functional groups attached to an aromatic ring is 1. The lowest BCUT2D eigenvalue weighted by Gasteiger charge is -2.40. The molecule has 3 rings (SSSR count). The van der Waals surface area contributed by atoms with Crippen molar-refractivity contribution in [1.29, 1.82) is 0 Å². The van der Waals surface area contributed by atoms with E-state index in [1.54, 1.807) is 11.9 Å². The molecular formula is C16H19N3O2S. The Morgan fingerprint density at radius 1 is 1.36 bits per heavy atom. The van der Waals surface area contributed by atoms with Crippen molar-refractivity contribution < 1.29 is 9.53 Å². The van der Waals surface area contributed by atoms with E-state index in [4.69, 9.17) is 10.5 Å². The maximum Gasteiger partial charge on any atom is 0.270 e. The highest BCUT2D eigenvalue weighted by atomic mass is 32.1. The van der Waals surface area contributed by atoms with Gasteiger partial charge in [0.15, 0.2) is 10.7 Å². The summed E-state index contributed by atoms with van der Waals surface area (Å²) in [6, 6.07) is 5.78. The van der Waals surface area contributed by atoms with E-state index >= 15 is 0 Å². The fourth-order valence-electron chi connectivity index (χ4n) is 2.81. The molecule has 0 bridgehead atoms. The van der Waals surface area contributed by atoms with Gasteiger partial charge >= 0.3 is 0 Å². The molecule has 0 fully saturated rings. The van der Waals surface area contributed by atoms with Crippen LogP contribution in [0.15, 0.2) is 23.6 Å². The molecule has 1 aromatic carbocycles. The number of ether oxygens (including phenoxy) is 1. The largest absolute Gasteiger partial charge is 0.475 e. The van der Waals surface area contributed by atoms with Gasteiger partial charge in [-0.3, -0.25) is 4.79 Å². The second-order valence-corrected chi connectivity index (χ2v) is 6.31. The van der Waals surface area contributed by atoms with E-state index in [1.165, 1.54) is 11.3 Å². The summed E-state index contributed by atoms with van der Waals surface area (Å²) >= 11 is 1.40. The molecule has 6 heteroatoms. The molecule has 22 heavy (non-hydrogen) atoms. The minimum absolute atomic E-state index is 0.0000540. The van der Waals surface area contributed by atoms with Crippen LogP contribution in [0.5, 0.6) is 5.75 Å². The number of hydrogen-bond acceptors (Lipinski definition) is 5. The average Bonchev–Trinajstić information content (AvgIpc) is 2.97. The smallest absolute Gasteiger partial charge is 0.270 e. The van der Waals surface area contributed by atoms with Crippen molar-refractivity contribution in [1.82, 2.24) is 4.98 Å². The summed E-state index contributed by atoms with van der Waals surface area (Å²) in [4.78, 5) is 18.7. The molecule has 0 atom stereocenters. The van der Waals surface area contributed by atoms with Crippen molar-refractivity contribution in [2.45, 2.75) is 32.3 Å². The Hall–Kier alpha value is -2.08. The van der Waals surface area contributed by atoms with Crippen molar-refractivity contribution in [3.05, 3.63) is 23.6 Å². The Balaban J connectivity index is 2.06. The zero-order chi connectivity index (χ0) is 15.9. The van der Waals surface area contributed by atoms with Gasteiger partial charge in [0, 0.05) is 18.0 Å². The Kier molecular flexibility index (Phi) is 3.56. The molecule has 2 N–H and O–H groups in total. The van der Waals surface area contributed by atoms with E-state index in [9.17, 15) is 4.79 Å². The van der Waals surface area contributed by atoms with Gasteiger partial charge in [0.05, 0.1) is 11.4 Å². The highest BCUT2D eigenvalue weighted by Crippen LogP contribution is 2.41. The summed E-state index contributed by atoms with van der Waals surface area (Å²) in [6.45, 7) is 3.96. The Bertz CT molecular complexity index is 722. The number of anilines is 2. The molecule has 5 nitrogen and oxygen atoms in total. The first-order chi connectivity index (χ1) is 10.5. The van der Waals surface area contributed by atoms with Crippen molar-refractivity contribution in [2.24, 2.45) is 0 Å². The molecule has 116 valence electrons. The van der Waals surface area contributed by atoms with Gasteiger partial charge in [0.2, 0.25) is 0 Å². The molecule has 1 aromatic heterocycles. The molecule has 1 amide bonds. The lowest BCUT2D eigenvalue weighted by atomic mass is 9.93. The molecule has 1 aliphatic rings. The standard InChI is InChI=1S/C16H19N3O2S/c1-4-16(5-2)14(20)19(3)12-8-10(6-7-13(12)21-16)11-9-22-15(17)18-11/h6-9H,4-5H2,1-3H3,(H2,17,18). The molecule has 0 aliphatic carbocycles. The van der Waals surface area contributed by atoms with Gasteiger partial charge < -0.3 is 15.4 Å². The Morgan fingerprint density at radius 3 is 2.68 bits per heavy atom. The van der Waals surface area contributed by atoms with Crippen LogP contribution in [0.3, 0.4) is 0 Å². The van der Waals surface area contributed by atoms with Crippen LogP contribution in [0, 0.1) is 0 Å². The zero-order valence-corrected chi connectivity index (χ0v) is 13.7. The predicted molar refractivity (Wildman–Crippen MR) is 89.3 cm³/mol. The number of nitrogens with two attached hydrogens (primary N) is 1. The highest BCUT2D eigenvalue weighted by Gasteiger charge is 2.44. The first-order valence-corrected chi connectivity index (χ1v) is 8.21. The van der Waals surface area contributed by atoms with Crippen LogP contribution in [0.2, 0.25) is 0 Å². The van der Waals surface area contributed by atoms with Crippen LogP contribution in [-0.2, 0) is 4.79 Å². The number of aromatic nitrogens is 1. The monoisotopic (exact) mass is 317 g/mol. The number of thiazole rings is 1. The van der Waals surface area contributed by atoms with E-state index in [-0.39, 0.29) is 5.91 Å². The summed E-state index contributed by atoms with van der Waals surface area (Å²) in [5.74, 6) is 0.734. The van der Waals surface area contributed by atoms with Crippen LogP contribution in [0.1, 0.15) is 26.7 Å². The van der Waals surface area contributed by atoms with Crippen LogP contribution in [0.4, 0.5) is 10.8 Å². The number of carbonyl (C=O) groups is 1. The zero-order valence-electron chi connectivity index (χ0n) is 12.9. The Labute approximate surface area is 133 Å². The van der Waals surface area contributed by atoms with Crippen LogP contribution in [-0.4, -0.2) is 23.5 Å².